The normalized spacial score (nSPS) is 18.9. The minimum absolute atomic E-state index is 0.00390. The second-order valence-electron chi connectivity index (χ2n) is 4.64. The first kappa shape index (κ1) is 13.1. The number of benzene rings is 1. The minimum atomic E-state index is -0.0593. The fourth-order valence-corrected chi connectivity index (χ4v) is 2.32. The van der Waals surface area contributed by atoms with Crippen LogP contribution in [0.25, 0.3) is 0 Å². The van der Waals surface area contributed by atoms with Gasteiger partial charge in [0.25, 0.3) is 0 Å². The molecule has 1 aliphatic carbocycles. The number of phenols is 2. The average Bonchev–Trinajstić information content (AvgIpc) is 2.40. The Morgan fingerprint density at radius 3 is 2.89 bits per heavy atom. The van der Waals surface area contributed by atoms with Crippen molar-refractivity contribution in [2.45, 2.75) is 26.2 Å². The summed E-state index contributed by atoms with van der Waals surface area (Å²) in [6, 6.07) is 3.36. The molecule has 3 N–H and O–H groups in total. The Bertz CT molecular complexity index is 422. The summed E-state index contributed by atoms with van der Waals surface area (Å²) in [6.45, 7) is 2.69. The smallest absolute Gasteiger partial charge is 0.160 e. The molecule has 0 radical (unpaired) electrons. The molecule has 18 heavy (non-hydrogen) atoms. The molecule has 1 aliphatic rings. The quantitative estimate of drug-likeness (QED) is 0.564. The van der Waals surface area contributed by atoms with Gasteiger partial charge < -0.3 is 10.2 Å². The molecule has 100 valence electrons. The van der Waals surface area contributed by atoms with E-state index in [9.17, 15) is 15.4 Å². The number of hydroxylamine groups is 2. The lowest BCUT2D eigenvalue weighted by atomic mass is 9.84. The number of rotatable bonds is 4. The van der Waals surface area contributed by atoms with Crippen molar-refractivity contribution >= 4 is 0 Å². The molecule has 0 amide bonds. The Kier molecular flexibility index (Phi) is 4.06. The molecule has 0 spiro atoms. The molecule has 0 heterocycles. The van der Waals surface area contributed by atoms with Gasteiger partial charge in [-0.25, -0.2) is 0 Å². The number of nitrogens with zero attached hydrogens (tertiary/aromatic N) is 1. The van der Waals surface area contributed by atoms with Crippen LogP contribution in [0.1, 0.15) is 24.5 Å². The zero-order valence-electron chi connectivity index (χ0n) is 10.5. The highest BCUT2D eigenvalue weighted by Gasteiger charge is 2.23. The van der Waals surface area contributed by atoms with Crippen molar-refractivity contribution in [3.8, 4) is 11.5 Å². The van der Waals surface area contributed by atoms with Crippen LogP contribution in [-0.2, 0) is 17.7 Å². The maximum Gasteiger partial charge on any atom is 0.160 e. The Labute approximate surface area is 106 Å². The molecule has 0 saturated heterocycles. The van der Waals surface area contributed by atoms with Crippen LogP contribution in [-0.4, -0.2) is 33.8 Å². The molecule has 0 bridgehead atoms. The zero-order valence-corrected chi connectivity index (χ0v) is 10.5. The molecule has 0 aliphatic heterocycles. The van der Waals surface area contributed by atoms with E-state index in [2.05, 4.69) is 0 Å². The molecule has 0 aromatic heterocycles. The molecule has 1 aromatic carbocycles. The predicted octanol–water partition coefficient (Wildman–Crippen LogP) is 1.85. The summed E-state index contributed by atoms with van der Waals surface area (Å²) in [5, 5.41) is 29.2. The Morgan fingerprint density at radius 1 is 1.39 bits per heavy atom. The van der Waals surface area contributed by atoms with E-state index in [4.69, 9.17) is 4.84 Å². The number of fused-ring (bicyclic) bond motifs is 1. The standard InChI is InChI=1S/C13H19NO4/c1-2-14(17)18-8-9-3-5-11-10(7-9)4-6-12(15)13(11)16/h4,6,9,15-17H,2-3,5,7-8H2,1H3. The lowest BCUT2D eigenvalue weighted by molar-refractivity contribution is -0.342. The molecule has 1 aromatic rings. The van der Waals surface area contributed by atoms with Crippen molar-refractivity contribution in [2.24, 2.45) is 5.92 Å². The van der Waals surface area contributed by atoms with Crippen molar-refractivity contribution in [3.05, 3.63) is 23.3 Å². The van der Waals surface area contributed by atoms with E-state index in [1.807, 2.05) is 6.07 Å². The van der Waals surface area contributed by atoms with Gasteiger partial charge in [0.2, 0.25) is 0 Å². The third-order valence-electron chi connectivity index (χ3n) is 3.40. The van der Waals surface area contributed by atoms with E-state index < -0.39 is 0 Å². The molecule has 1 atom stereocenters. The van der Waals surface area contributed by atoms with Crippen LogP contribution >= 0.6 is 0 Å². The zero-order chi connectivity index (χ0) is 13.1. The van der Waals surface area contributed by atoms with Gasteiger partial charge in [0.05, 0.1) is 6.61 Å². The second-order valence-corrected chi connectivity index (χ2v) is 4.64. The van der Waals surface area contributed by atoms with Crippen molar-refractivity contribution in [2.75, 3.05) is 13.2 Å². The third-order valence-corrected chi connectivity index (χ3v) is 3.40. The lowest BCUT2D eigenvalue weighted by Gasteiger charge is -2.26. The first-order valence-corrected chi connectivity index (χ1v) is 6.23. The number of phenolic OH excluding ortho intramolecular Hbond substituents is 2. The van der Waals surface area contributed by atoms with Gasteiger partial charge >= 0.3 is 0 Å². The second kappa shape index (κ2) is 5.56. The van der Waals surface area contributed by atoms with Crippen molar-refractivity contribution in [1.82, 2.24) is 5.23 Å². The van der Waals surface area contributed by atoms with E-state index in [1.54, 1.807) is 6.92 Å². The Hall–Kier alpha value is -1.30. The van der Waals surface area contributed by atoms with E-state index in [-0.39, 0.29) is 11.5 Å². The summed E-state index contributed by atoms with van der Waals surface area (Å²) in [6.07, 6.45) is 2.39. The van der Waals surface area contributed by atoms with Crippen LogP contribution in [0.5, 0.6) is 11.5 Å². The minimum Gasteiger partial charge on any atom is -0.504 e. The van der Waals surface area contributed by atoms with Gasteiger partial charge in [-0.1, -0.05) is 11.3 Å². The SMILES string of the molecule is CCN(O)OCC1CCc2c(ccc(O)c2O)C1. The largest absolute Gasteiger partial charge is 0.504 e. The number of hydrogen-bond donors (Lipinski definition) is 3. The molecular weight excluding hydrogens is 234 g/mol. The molecule has 0 saturated carbocycles. The summed E-state index contributed by atoms with van der Waals surface area (Å²) in [7, 11) is 0. The highest BCUT2D eigenvalue weighted by atomic mass is 16.9. The maximum absolute atomic E-state index is 9.76. The summed E-state index contributed by atoms with van der Waals surface area (Å²) >= 11 is 0. The van der Waals surface area contributed by atoms with Crippen LogP contribution in [0.4, 0.5) is 0 Å². The van der Waals surface area contributed by atoms with Crippen LogP contribution in [0.15, 0.2) is 12.1 Å². The van der Waals surface area contributed by atoms with Crippen LogP contribution in [0, 0.1) is 5.92 Å². The highest BCUT2D eigenvalue weighted by molar-refractivity contribution is 5.50. The number of hydrogen-bond acceptors (Lipinski definition) is 5. The predicted molar refractivity (Wildman–Crippen MR) is 65.4 cm³/mol. The summed E-state index contributed by atoms with van der Waals surface area (Å²) in [4.78, 5) is 5.18. The Balaban J connectivity index is 2.00. The summed E-state index contributed by atoms with van der Waals surface area (Å²) < 4.78 is 0. The summed E-state index contributed by atoms with van der Waals surface area (Å²) in [5.41, 5.74) is 1.88. The summed E-state index contributed by atoms with van der Waals surface area (Å²) in [5.74, 6) is 0.267. The van der Waals surface area contributed by atoms with Gasteiger partial charge in [-0.2, -0.15) is 0 Å². The number of aromatic hydroxyl groups is 2. The fourth-order valence-electron chi connectivity index (χ4n) is 2.32. The van der Waals surface area contributed by atoms with Gasteiger partial charge in [0.1, 0.15) is 0 Å². The third kappa shape index (κ3) is 2.75. The maximum atomic E-state index is 9.76. The fraction of sp³-hybridized carbons (Fsp3) is 0.538. The van der Waals surface area contributed by atoms with Crippen molar-refractivity contribution in [3.63, 3.8) is 0 Å². The lowest BCUT2D eigenvalue weighted by Crippen LogP contribution is -2.26. The topological polar surface area (TPSA) is 73.2 Å². The van der Waals surface area contributed by atoms with Gasteiger partial charge in [-0.05, 0) is 43.7 Å². The monoisotopic (exact) mass is 253 g/mol. The van der Waals surface area contributed by atoms with Crippen LogP contribution < -0.4 is 0 Å². The molecular formula is C13H19NO4. The van der Waals surface area contributed by atoms with Crippen molar-refractivity contribution < 1.29 is 20.3 Å². The van der Waals surface area contributed by atoms with Crippen molar-refractivity contribution in [1.29, 1.82) is 0 Å². The molecule has 1 unspecified atom stereocenters. The molecule has 5 heteroatoms. The molecule has 5 nitrogen and oxygen atoms in total. The van der Waals surface area contributed by atoms with Gasteiger partial charge in [-0.3, -0.25) is 10.0 Å². The van der Waals surface area contributed by atoms with E-state index in [0.717, 1.165) is 35.6 Å². The van der Waals surface area contributed by atoms with Gasteiger partial charge in [-0.15, -0.1) is 0 Å². The first-order chi connectivity index (χ1) is 8.61. The highest BCUT2D eigenvalue weighted by Crippen LogP contribution is 2.37. The average molecular weight is 253 g/mol. The first-order valence-electron chi connectivity index (χ1n) is 6.23. The van der Waals surface area contributed by atoms with E-state index in [1.165, 1.54) is 6.07 Å². The van der Waals surface area contributed by atoms with Crippen LogP contribution in [0.2, 0.25) is 0 Å². The molecule has 0 fully saturated rings. The van der Waals surface area contributed by atoms with Gasteiger partial charge in [0, 0.05) is 12.1 Å². The Morgan fingerprint density at radius 2 is 2.17 bits per heavy atom. The molecule has 2 rings (SSSR count). The van der Waals surface area contributed by atoms with E-state index >= 15 is 0 Å². The van der Waals surface area contributed by atoms with Gasteiger partial charge in [0.15, 0.2) is 11.5 Å². The van der Waals surface area contributed by atoms with Crippen LogP contribution in [0.3, 0.4) is 0 Å². The van der Waals surface area contributed by atoms with E-state index in [0.29, 0.717) is 19.1 Å².